The molecule has 0 spiro atoms. The van der Waals surface area contributed by atoms with Gasteiger partial charge in [-0.2, -0.15) is 5.26 Å². The van der Waals surface area contributed by atoms with Gasteiger partial charge in [0.25, 0.3) is 5.91 Å². The number of benzene rings is 1. The maximum Gasteiger partial charge on any atom is 0.340 e. The monoisotopic (exact) mass is 572 g/mol. The van der Waals surface area contributed by atoms with Crippen molar-refractivity contribution >= 4 is 39.1 Å². The molecule has 1 amide bonds. The summed E-state index contributed by atoms with van der Waals surface area (Å²) in [4.78, 5) is 35.7. The minimum atomic E-state index is -0.983. The number of carbonyl (C=O) groups excluding carboxylic acids is 2. The normalized spacial score (nSPS) is 18.0. The number of pyridine rings is 1. The predicted octanol–water partition coefficient (Wildman–Crippen LogP) is 6.66. The van der Waals surface area contributed by atoms with Gasteiger partial charge in [-0.1, -0.05) is 45.9 Å². The summed E-state index contributed by atoms with van der Waals surface area (Å²) < 4.78 is 5.95. The summed E-state index contributed by atoms with van der Waals surface area (Å²) in [6.07, 6.45) is 2.87. The van der Waals surface area contributed by atoms with Gasteiger partial charge in [-0.15, -0.1) is 11.3 Å². The van der Waals surface area contributed by atoms with Gasteiger partial charge in [0.1, 0.15) is 11.1 Å². The summed E-state index contributed by atoms with van der Waals surface area (Å²) in [6.45, 7) is 14.4. The van der Waals surface area contributed by atoms with E-state index in [1.54, 1.807) is 0 Å². The van der Waals surface area contributed by atoms with Crippen molar-refractivity contribution in [1.82, 2.24) is 9.88 Å². The van der Waals surface area contributed by atoms with E-state index in [4.69, 9.17) is 9.72 Å². The molecule has 0 fully saturated rings. The Morgan fingerprint density at radius 1 is 1.22 bits per heavy atom. The maximum absolute atomic E-state index is 13.8. The minimum absolute atomic E-state index is 0.182. The van der Waals surface area contributed by atoms with E-state index in [1.165, 1.54) is 16.2 Å². The number of hydrogen-bond acceptors (Lipinski definition) is 7. The van der Waals surface area contributed by atoms with Crippen LogP contribution in [0.5, 0.6) is 0 Å². The Bertz CT molecular complexity index is 1530. The number of anilines is 1. The lowest BCUT2D eigenvalue weighted by Gasteiger charge is -2.33. The smallest absolute Gasteiger partial charge is 0.340 e. The molecule has 7 nitrogen and oxygen atoms in total. The van der Waals surface area contributed by atoms with Crippen LogP contribution in [0.4, 0.5) is 5.00 Å². The summed E-state index contributed by atoms with van der Waals surface area (Å²) in [5.74, 6) is -0.383. The van der Waals surface area contributed by atoms with Crippen LogP contribution in [0, 0.1) is 22.7 Å². The van der Waals surface area contributed by atoms with Gasteiger partial charge in [-0.25, -0.2) is 4.79 Å². The number of para-hydroxylation sites is 1. The molecule has 2 unspecified atom stereocenters. The number of nitrogens with zero attached hydrogens (tertiary/aromatic N) is 3. The van der Waals surface area contributed by atoms with Gasteiger partial charge in [-0.3, -0.25) is 14.7 Å². The van der Waals surface area contributed by atoms with Crippen molar-refractivity contribution in [2.75, 3.05) is 11.9 Å². The Balaban J connectivity index is 1.41. The summed E-state index contributed by atoms with van der Waals surface area (Å²) >= 11 is 1.49. The molecule has 5 rings (SSSR count). The fourth-order valence-corrected chi connectivity index (χ4v) is 7.40. The lowest BCUT2D eigenvalue weighted by Crippen LogP contribution is -2.38. The van der Waals surface area contributed by atoms with Crippen LogP contribution in [0.25, 0.3) is 10.9 Å². The average molecular weight is 573 g/mol. The lowest BCUT2D eigenvalue weighted by atomic mass is 9.72. The second kappa shape index (κ2) is 11.5. The van der Waals surface area contributed by atoms with Gasteiger partial charge in [0.05, 0.1) is 16.6 Å². The van der Waals surface area contributed by atoms with E-state index in [9.17, 15) is 14.9 Å². The van der Waals surface area contributed by atoms with Crippen LogP contribution in [0.15, 0.2) is 24.3 Å². The summed E-state index contributed by atoms with van der Waals surface area (Å²) in [5, 5.41) is 14.2. The van der Waals surface area contributed by atoms with Gasteiger partial charge < -0.3 is 10.1 Å². The van der Waals surface area contributed by atoms with E-state index in [0.29, 0.717) is 41.1 Å². The highest BCUT2D eigenvalue weighted by molar-refractivity contribution is 7.16. The zero-order valence-corrected chi connectivity index (χ0v) is 25.8. The van der Waals surface area contributed by atoms with Crippen molar-refractivity contribution < 1.29 is 14.3 Å². The molecule has 3 heterocycles. The topological polar surface area (TPSA) is 95.3 Å². The zero-order valence-electron chi connectivity index (χ0n) is 25.0. The van der Waals surface area contributed by atoms with E-state index in [0.717, 1.165) is 60.0 Å². The van der Waals surface area contributed by atoms with E-state index in [-0.39, 0.29) is 5.41 Å². The largest absolute Gasteiger partial charge is 0.449 e. The first-order valence-corrected chi connectivity index (χ1v) is 15.5. The number of nitrogens with one attached hydrogen (secondary N) is 1. The highest BCUT2D eigenvalue weighted by Gasteiger charge is 2.34. The molecule has 0 radical (unpaired) electrons. The molecular formula is C33H40N4O3S. The molecule has 8 heteroatoms. The van der Waals surface area contributed by atoms with Gasteiger partial charge in [-0.05, 0) is 62.5 Å². The van der Waals surface area contributed by atoms with Crippen molar-refractivity contribution in [2.24, 2.45) is 11.3 Å². The summed E-state index contributed by atoms with van der Waals surface area (Å²) in [5.41, 5.74) is 4.85. The molecule has 1 aliphatic heterocycles. The number of carbonyl (C=O) groups is 2. The van der Waals surface area contributed by atoms with Crippen LogP contribution < -0.4 is 5.32 Å². The third-order valence-corrected chi connectivity index (χ3v) is 9.93. The van der Waals surface area contributed by atoms with Crippen LogP contribution in [0.1, 0.15) is 92.0 Å². The molecule has 0 saturated carbocycles. The molecule has 1 N–H and O–H groups in total. The number of thiophene rings is 1. The lowest BCUT2D eigenvalue weighted by molar-refractivity contribution is -0.124. The maximum atomic E-state index is 13.8. The summed E-state index contributed by atoms with van der Waals surface area (Å²) in [7, 11) is 0. The number of esters is 1. The molecule has 2 aromatic heterocycles. The van der Waals surface area contributed by atoms with E-state index in [2.05, 4.69) is 50.9 Å². The molecular weight excluding hydrogens is 532 g/mol. The molecule has 1 aliphatic carbocycles. The SMILES string of the molecule is CCC(OC(=O)c1c2c(nc3ccccc13)CCN(C(C)C)C2)C(=O)Nc1sc2c(c1C#N)CCC(C(C)(C)C)C2. The Morgan fingerprint density at radius 3 is 2.66 bits per heavy atom. The minimum Gasteiger partial charge on any atom is -0.449 e. The van der Waals surface area contributed by atoms with Crippen LogP contribution in [-0.4, -0.2) is 40.5 Å². The molecule has 2 aliphatic rings. The zero-order chi connectivity index (χ0) is 29.5. The number of hydrogen-bond donors (Lipinski definition) is 1. The molecule has 3 aromatic rings. The van der Waals surface area contributed by atoms with Crippen LogP contribution >= 0.6 is 11.3 Å². The van der Waals surface area contributed by atoms with Crippen molar-refractivity contribution in [3.63, 3.8) is 0 Å². The highest BCUT2D eigenvalue weighted by Crippen LogP contribution is 2.44. The fraction of sp³-hybridized carbons (Fsp3) is 0.515. The molecule has 1 aromatic carbocycles. The second-order valence-electron chi connectivity index (χ2n) is 12.7. The Morgan fingerprint density at radius 2 is 1.98 bits per heavy atom. The third-order valence-electron chi connectivity index (χ3n) is 8.76. The Hall–Kier alpha value is -3.28. The fourth-order valence-electron chi connectivity index (χ4n) is 6.12. The van der Waals surface area contributed by atoms with Crippen molar-refractivity contribution in [3.05, 3.63) is 57.1 Å². The number of aromatic nitrogens is 1. The average Bonchev–Trinajstić information content (AvgIpc) is 3.29. The number of fused-ring (bicyclic) bond motifs is 3. The molecule has 41 heavy (non-hydrogen) atoms. The number of rotatable bonds is 6. The highest BCUT2D eigenvalue weighted by atomic mass is 32.1. The second-order valence-corrected chi connectivity index (χ2v) is 13.8. The van der Waals surface area contributed by atoms with Crippen LogP contribution in [0.3, 0.4) is 0 Å². The van der Waals surface area contributed by atoms with Gasteiger partial charge in [0.15, 0.2) is 6.10 Å². The Kier molecular flexibility index (Phi) is 8.22. The van der Waals surface area contributed by atoms with Crippen molar-refractivity contribution in [1.29, 1.82) is 5.26 Å². The molecule has 2 atom stereocenters. The van der Waals surface area contributed by atoms with Gasteiger partial charge in [0, 0.05) is 47.1 Å². The number of ether oxygens (including phenoxy) is 1. The van der Waals surface area contributed by atoms with Crippen molar-refractivity contribution in [3.8, 4) is 6.07 Å². The predicted molar refractivity (Wildman–Crippen MR) is 163 cm³/mol. The molecule has 0 saturated heterocycles. The van der Waals surface area contributed by atoms with Gasteiger partial charge >= 0.3 is 5.97 Å². The first-order chi connectivity index (χ1) is 19.5. The van der Waals surface area contributed by atoms with E-state index in [1.807, 2.05) is 31.2 Å². The van der Waals surface area contributed by atoms with Gasteiger partial charge in [0.2, 0.25) is 0 Å². The van der Waals surface area contributed by atoms with Crippen molar-refractivity contribution in [2.45, 2.75) is 92.3 Å². The first-order valence-electron chi connectivity index (χ1n) is 14.7. The number of amides is 1. The first kappa shape index (κ1) is 29.2. The van der Waals surface area contributed by atoms with Crippen LogP contribution in [-0.2, 0) is 35.3 Å². The third kappa shape index (κ3) is 5.75. The van der Waals surface area contributed by atoms with E-state index >= 15 is 0 Å². The van der Waals surface area contributed by atoms with Crippen LogP contribution in [0.2, 0.25) is 0 Å². The van der Waals surface area contributed by atoms with E-state index < -0.39 is 18.0 Å². The molecule has 216 valence electrons. The Labute approximate surface area is 246 Å². The number of nitriles is 1. The summed E-state index contributed by atoms with van der Waals surface area (Å²) in [6, 6.07) is 10.3. The molecule has 0 bridgehead atoms. The quantitative estimate of drug-likeness (QED) is 0.332. The standard InChI is InChI=1S/C33H40N4O3S/c1-7-27(30(38)36-31-23(17-34)21-13-12-20(33(4,5)6)16-28(21)41-31)40-32(39)29-22-10-8-9-11-25(22)35-26-14-15-37(19(2)3)18-24(26)29/h8-11,19-20,27H,7,12-16,18H2,1-6H3,(H,36,38).